The molecule has 0 aliphatic carbocycles. The normalized spacial score (nSPS) is 23.5. The zero-order valence-electron chi connectivity index (χ0n) is 11.7. The van der Waals surface area contributed by atoms with E-state index in [4.69, 9.17) is 0 Å². The standard InChI is InChI=1S/C14H21BrFN3/c1-17-14(11-8-10(15)4-5-12(11)16)13-9-18(2)6-7-19(13)3/h4-5,8,13-14,17H,6-7,9H2,1-3H3. The summed E-state index contributed by atoms with van der Waals surface area (Å²) in [7, 11) is 6.12. The van der Waals surface area contributed by atoms with Gasteiger partial charge >= 0.3 is 0 Å². The highest BCUT2D eigenvalue weighted by Gasteiger charge is 2.31. The van der Waals surface area contributed by atoms with Crippen LogP contribution in [0.15, 0.2) is 22.7 Å². The largest absolute Gasteiger partial charge is 0.312 e. The van der Waals surface area contributed by atoms with Gasteiger partial charge in [-0.25, -0.2) is 4.39 Å². The average molecular weight is 330 g/mol. The molecule has 1 aromatic carbocycles. The van der Waals surface area contributed by atoms with E-state index in [1.807, 2.05) is 13.1 Å². The quantitative estimate of drug-likeness (QED) is 0.916. The van der Waals surface area contributed by atoms with E-state index in [1.165, 1.54) is 6.07 Å². The van der Waals surface area contributed by atoms with Gasteiger partial charge in [0.25, 0.3) is 0 Å². The van der Waals surface area contributed by atoms with E-state index in [0.717, 1.165) is 29.7 Å². The van der Waals surface area contributed by atoms with Crippen molar-refractivity contribution < 1.29 is 4.39 Å². The van der Waals surface area contributed by atoms with Gasteiger partial charge in [0, 0.05) is 35.7 Å². The Morgan fingerprint density at radius 1 is 1.37 bits per heavy atom. The highest BCUT2D eigenvalue weighted by molar-refractivity contribution is 9.10. The Balaban J connectivity index is 2.30. The van der Waals surface area contributed by atoms with E-state index in [1.54, 1.807) is 6.07 Å². The lowest BCUT2D eigenvalue weighted by atomic mass is 9.96. The highest BCUT2D eigenvalue weighted by atomic mass is 79.9. The third-order valence-corrected chi connectivity index (χ3v) is 4.38. The first-order valence-electron chi connectivity index (χ1n) is 6.54. The number of hydrogen-bond acceptors (Lipinski definition) is 3. The highest BCUT2D eigenvalue weighted by Crippen LogP contribution is 2.27. The van der Waals surface area contributed by atoms with Crippen LogP contribution >= 0.6 is 15.9 Å². The van der Waals surface area contributed by atoms with E-state index in [0.29, 0.717) is 0 Å². The molecule has 0 amide bonds. The van der Waals surface area contributed by atoms with Crippen molar-refractivity contribution in [2.24, 2.45) is 0 Å². The number of likely N-dealkylation sites (N-methyl/N-ethyl adjacent to an activating group) is 3. The first-order chi connectivity index (χ1) is 9.02. The predicted molar refractivity (Wildman–Crippen MR) is 79.8 cm³/mol. The molecule has 1 heterocycles. The van der Waals surface area contributed by atoms with Crippen LogP contribution in [0.25, 0.3) is 0 Å². The number of halogens is 2. The van der Waals surface area contributed by atoms with Crippen molar-refractivity contribution in [3.8, 4) is 0 Å². The van der Waals surface area contributed by atoms with E-state index in [9.17, 15) is 4.39 Å². The van der Waals surface area contributed by atoms with Crippen molar-refractivity contribution >= 4 is 15.9 Å². The van der Waals surface area contributed by atoms with Crippen LogP contribution in [-0.2, 0) is 0 Å². The number of piperazine rings is 1. The second kappa shape index (κ2) is 6.31. The van der Waals surface area contributed by atoms with Crippen LogP contribution in [0.5, 0.6) is 0 Å². The summed E-state index contributed by atoms with van der Waals surface area (Å²) in [5.74, 6) is -0.149. The minimum Gasteiger partial charge on any atom is -0.312 e. The van der Waals surface area contributed by atoms with Crippen LogP contribution in [0.3, 0.4) is 0 Å². The summed E-state index contributed by atoms with van der Waals surface area (Å²) in [6, 6.07) is 5.40. The molecule has 3 nitrogen and oxygen atoms in total. The molecular formula is C14H21BrFN3. The van der Waals surface area contributed by atoms with Crippen LogP contribution in [-0.4, -0.2) is 56.6 Å². The van der Waals surface area contributed by atoms with Gasteiger partial charge in [0.05, 0.1) is 6.04 Å². The van der Waals surface area contributed by atoms with Crippen molar-refractivity contribution in [1.82, 2.24) is 15.1 Å². The Labute approximate surface area is 122 Å². The Kier molecular flexibility index (Phi) is 4.95. The number of nitrogens with one attached hydrogen (secondary N) is 1. The number of rotatable bonds is 3. The molecule has 1 saturated heterocycles. The number of hydrogen-bond donors (Lipinski definition) is 1. The third-order valence-electron chi connectivity index (χ3n) is 3.89. The van der Waals surface area contributed by atoms with Crippen LogP contribution < -0.4 is 5.32 Å². The van der Waals surface area contributed by atoms with Gasteiger partial charge in [-0.1, -0.05) is 15.9 Å². The second-order valence-corrected chi connectivity index (χ2v) is 6.16. The molecular weight excluding hydrogens is 309 g/mol. The van der Waals surface area contributed by atoms with Gasteiger partial charge in [-0.05, 0) is 39.3 Å². The lowest BCUT2D eigenvalue weighted by molar-refractivity contribution is 0.0887. The fraction of sp³-hybridized carbons (Fsp3) is 0.571. The van der Waals surface area contributed by atoms with Gasteiger partial charge < -0.3 is 10.2 Å². The molecule has 1 aliphatic heterocycles. The lowest BCUT2D eigenvalue weighted by Crippen LogP contribution is -2.54. The summed E-state index contributed by atoms with van der Waals surface area (Å²) in [6.07, 6.45) is 0. The molecule has 1 aliphatic rings. The zero-order chi connectivity index (χ0) is 14.0. The topological polar surface area (TPSA) is 18.5 Å². The molecule has 0 spiro atoms. The predicted octanol–water partition coefficient (Wildman–Crippen LogP) is 2.09. The summed E-state index contributed by atoms with van der Waals surface area (Å²) in [4.78, 5) is 4.60. The Morgan fingerprint density at radius 3 is 2.79 bits per heavy atom. The van der Waals surface area contributed by atoms with Crippen LogP contribution in [0.4, 0.5) is 4.39 Å². The SMILES string of the molecule is CNC(c1cc(Br)ccc1F)C1CN(C)CCN1C. The summed E-state index contributed by atoms with van der Waals surface area (Å²) in [5, 5.41) is 3.28. The Morgan fingerprint density at radius 2 is 2.11 bits per heavy atom. The molecule has 2 rings (SSSR count). The molecule has 0 aromatic heterocycles. The summed E-state index contributed by atoms with van der Waals surface area (Å²) < 4.78 is 15.0. The fourth-order valence-corrected chi connectivity index (χ4v) is 3.09. The molecule has 5 heteroatoms. The molecule has 2 atom stereocenters. The molecule has 0 bridgehead atoms. The van der Waals surface area contributed by atoms with Crippen molar-refractivity contribution in [2.45, 2.75) is 12.1 Å². The second-order valence-electron chi connectivity index (χ2n) is 5.24. The molecule has 19 heavy (non-hydrogen) atoms. The minimum atomic E-state index is -0.149. The number of nitrogens with zero attached hydrogens (tertiary/aromatic N) is 2. The maximum absolute atomic E-state index is 14.1. The van der Waals surface area contributed by atoms with Crippen LogP contribution in [0.1, 0.15) is 11.6 Å². The maximum Gasteiger partial charge on any atom is 0.128 e. The van der Waals surface area contributed by atoms with Crippen molar-refractivity contribution in [2.75, 3.05) is 40.8 Å². The van der Waals surface area contributed by atoms with Gasteiger partial charge in [-0.15, -0.1) is 0 Å². The summed E-state index contributed by atoms with van der Waals surface area (Å²) in [6.45, 7) is 3.01. The molecule has 106 valence electrons. The first kappa shape index (κ1) is 14.9. The molecule has 2 unspecified atom stereocenters. The maximum atomic E-state index is 14.1. The summed E-state index contributed by atoms with van der Waals surface area (Å²) >= 11 is 3.43. The number of benzene rings is 1. The minimum absolute atomic E-state index is 0.00903. The molecule has 0 saturated carbocycles. The molecule has 1 aromatic rings. The Hall–Kier alpha value is -0.490. The molecule has 1 fully saturated rings. The average Bonchev–Trinajstić information content (AvgIpc) is 2.38. The van der Waals surface area contributed by atoms with Crippen molar-refractivity contribution in [3.63, 3.8) is 0 Å². The van der Waals surface area contributed by atoms with Gasteiger partial charge in [-0.3, -0.25) is 4.90 Å². The molecule has 1 N–H and O–H groups in total. The summed E-state index contributed by atoms with van der Waals surface area (Å²) in [5.41, 5.74) is 0.726. The van der Waals surface area contributed by atoms with E-state index < -0.39 is 0 Å². The van der Waals surface area contributed by atoms with Crippen molar-refractivity contribution in [1.29, 1.82) is 0 Å². The smallest absolute Gasteiger partial charge is 0.128 e. The fourth-order valence-electron chi connectivity index (χ4n) is 2.71. The third kappa shape index (κ3) is 3.34. The van der Waals surface area contributed by atoms with Crippen LogP contribution in [0, 0.1) is 5.82 Å². The first-order valence-corrected chi connectivity index (χ1v) is 7.33. The van der Waals surface area contributed by atoms with Crippen LogP contribution in [0.2, 0.25) is 0 Å². The van der Waals surface area contributed by atoms with Gasteiger partial charge in [-0.2, -0.15) is 0 Å². The van der Waals surface area contributed by atoms with Gasteiger partial charge in [0.2, 0.25) is 0 Å². The zero-order valence-corrected chi connectivity index (χ0v) is 13.2. The van der Waals surface area contributed by atoms with Crippen molar-refractivity contribution in [3.05, 3.63) is 34.1 Å². The Bertz CT molecular complexity index is 441. The van der Waals surface area contributed by atoms with E-state index in [2.05, 4.69) is 45.1 Å². The van der Waals surface area contributed by atoms with E-state index >= 15 is 0 Å². The van der Waals surface area contributed by atoms with Gasteiger partial charge in [0.15, 0.2) is 0 Å². The molecule has 0 radical (unpaired) electrons. The van der Waals surface area contributed by atoms with E-state index in [-0.39, 0.29) is 17.9 Å². The lowest BCUT2D eigenvalue weighted by Gasteiger charge is -2.42. The van der Waals surface area contributed by atoms with Gasteiger partial charge in [0.1, 0.15) is 5.82 Å². The monoisotopic (exact) mass is 329 g/mol.